The van der Waals surface area contributed by atoms with Crippen molar-refractivity contribution in [2.75, 3.05) is 0 Å². The molecule has 0 aliphatic heterocycles. The Bertz CT molecular complexity index is 252. The lowest BCUT2D eigenvalue weighted by Gasteiger charge is -2.16. The van der Waals surface area contributed by atoms with E-state index >= 15 is 0 Å². The molecule has 1 aromatic heterocycles. The molecule has 1 aromatic rings. The molecule has 1 heterocycles. The van der Waals surface area contributed by atoms with Crippen LogP contribution in [0.4, 0.5) is 0 Å². The van der Waals surface area contributed by atoms with Gasteiger partial charge in [0.05, 0.1) is 6.20 Å². The highest BCUT2D eigenvalue weighted by atomic mass is 16.3. The van der Waals surface area contributed by atoms with Crippen LogP contribution in [-0.2, 0) is 6.42 Å². The van der Waals surface area contributed by atoms with Crippen LogP contribution in [0.2, 0.25) is 0 Å². The molecule has 0 saturated heterocycles. The molecule has 1 fully saturated rings. The zero-order valence-corrected chi connectivity index (χ0v) is 7.29. The van der Waals surface area contributed by atoms with Crippen molar-refractivity contribution in [2.45, 2.75) is 32.2 Å². The fourth-order valence-electron chi connectivity index (χ4n) is 1.36. The van der Waals surface area contributed by atoms with E-state index in [2.05, 4.69) is 11.9 Å². The molecule has 12 heavy (non-hydrogen) atoms. The van der Waals surface area contributed by atoms with E-state index in [0.717, 1.165) is 12.3 Å². The zero-order chi connectivity index (χ0) is 8.60. The first-order valence-corrected chi connectivity index (χ1v) is 4.35. The van der Waals surface area contributed by atoms with Crippen molar-refractivity contribution >= 4 is 0 Å². The van der Waals surface area contributed by atoms with Crippen LogP contribution in [0.5, 0.6) is 0 Å². The molecule has 0 radical (unpaired) electrons. The van der Waals surface area contributed by atoms with Crippen LogP contribution in [0.1, 0.15) is 25.7 Å². The van der Waals surface area contributed by atoms with Crippen LogP contribution < -0.4 is 5.73 Å². The summed E-state index contributed by atoms with van der Waals surface area (Å²) >= 11 is 0. The topological polar surface area (TPSA) is 52.0 Å². The molecule has 1 aliphatic carbocycles. The average molecular weight is 166 g/mol. The van der Waals surface area contributed by atoms with Gasteiger partial charge >= 0.3 is 0 Å². The lowest BCUT2D eigenvalue weighted by molar-refractivity contribution is 0.387. The van der Waals surface area contributed by atoms with E-state index in [0.29, 0.717) is 5.41 Å². The van der Waals surface area contributed by atoms with Crippen LogP contribution in [0.25, 0.3) is 0 Å². The molecule has 3 nitrogen and oxygen atoms in total. The van der Waals surface area contributed by atoms with Crippen molar-refractivity contribution < 1.29 is 4.42 Å². The van der Waals surface area contributed by atoms with Crippen molar-refractivity contribution in [3.63, 3.8) is 0 Å². The SMILES string of the molecule is CC1(C(N)Cc2ncco2)CC1. The zero-order valence-electron chi connectivity index (χ0n) is 7.29. The minimum Gasteiger partial charge on any atom is -0.449 e. The van der Waals surface area contributed by atoms with E-state index < -0.39 is 0 Å². The molecule has 1 atom stereocenters. The van der Waals surface area contributed by atoms with Crippen molar-refractivity contribution in [3.05, 3.63) is 18.4 Å². The van der Waals surface area contributed by atoms with Gasteiger partial charge in [-0.1, -0.05) is 6.92 Å². The van der Waals surface area contributed by atoms with Crippen LogP contribution in [0.3, 0.4) is 0 Å². The van der Waals surface area contributed by atoms with Gasteiger partial charge in [0.1, 0.15) is 6.26 Å². The number of hydrogen-bond acceptors (Lipinski definition) is 3. The van der Waals surface area contributed by atoms with Crippen molar-refractivity contribution in [2.24, 2.45) is 11.1 Å². The third-order valence-electron chi connectivity index (χ3n) is 2.81. The predicted octanol–water partition coefficient (Wildman–Crippen LogP) is 1.34. The number of aromatic nitrogens is 1. The number of nitrogens with zero attached hydrogens (tertiary/aromatic N) is 1. The fraction of sp³-hybridized carbons (Fsp3) is 0.667. The molecule has 0 spiro atoms. The molecule has 3 heteroatoms. The fourth-order valence-corrected chi connectivity index (χ4v) is 1.36. The summed E-state index contributed by atoms with van der Waals surface area (Å²) in [5, 5.41) is 0. The average Bonchev–Trinajstić information content (AvgIpc) is 2.63. The molecule has 0 amide bonds. The maximum absolute atomic E-state index is 6.00. The van der Waals surface area contributed by atoms with E-state index in [9.17, 15) is 0 Å². The minimum atomic E-state index is 0.205. The van der Waals surface area contributed by atoms with E-state index in [4.69, 9.17) is 10.2 Å². The maximum Gasteiger partial charge on any atom is 0.195 e. The van der Waals surface area contributed by atoms with Gasteiger partial charge in [0.2, 0.25) is 0 Å². The highest BCUT2D eigenvalue weighted by molar-refractivity contribution is 5.00. The summed E-state index contributed by atoms with van der Waals surface area (Å²) in [6.45, 7) is 2.22. The van der Waals surface area contributed by atoms with Gasteiger partial charge < -0.3 is 10.2 Å². The standard InChI is InChI=1S/C9H14N2O/c1-9(2-3-9)7(10)6-8-11-4-5-12-8/h4-5,7H,2-3,6,10H2,1H3. The number of oxazole rings is 1. The first-order chi connectivity index (χ1) is 5.71. The second kappa shape index (κ2) is 2.59. The molecule has 66 valence electrons. The maximum atomic E-state index is 6.00. The van der Waals surface area contributed by atoms with Gasteiger partial charge in [0.15, 0.2) is 5.89 Å². The van der Waals surface area contributed by atoms with Gasteiger partial charge in [-0.3, -0.25) is 0 Å². The first kappa shape index (κ1) is 7.80. The molecule has 1 saturated carbocycles. The van der Waals surface area contributed by atoms with Crippen molar-refractivity contribution in [1.82, 2.24) is 4.98 Å². The largest absolute Gasteiger partial charge is 0.449 e. The Morgan fingerprint density at radius 3 is 3.00 bits per heavy atom. The van der Waals surface area contributed by atoms with Crippen LogP contribution >= 0.6 is 0 Å². The Morgan fingerprint density at radius 1 is 1.75 bits per heavy atom. The monoisotopic (exact) mass is 166 g/mol. The Hall–Kier alpha value is -0.830. The second-order valence-corrected chi connectivity index (χ2v) is 3.89. The van der Waals surface area contributed by atoms with E-state index in [1.165, 1.54) is 12.8 Å². The normalized spacial score (nSPS) is 22.2. The highest BCUT2D eigenvalue weighted by Gasteiger charge is 2.43. The van der Waals surface area contributed by atoms with E-state index in [-0.39, 0.29) is 6.04 Å². The Morgan fingerprint density at radius 2 is 2.50 bits per heavy atom. The number of nitrogens with two attached hydrogens (primary N) is 1. The quantitative estimate of drug-likeness (QED) is 0.737. The molecule has 0 bridgehead atoms. The van der Waals surface area contributed by atoms with Gasteiger partial charge in [0, 0.05) is 12.5 Å². The number of rotatable bonds is 3. The molecular formula is C9H14N2O. The van der Waals surface area contributed by atoms with Gasteiger partial charge in [0.25, 0.3) is 0 Å². The third-order valence-corrected chi connectivity index (χ3v) is 2.81. The van der Waals surface area contributed by atoms with Gasteiger partial charge in [-0.05, 0) is 18.3 Å². The molecular weight excluding hydrogens is 152 g/mol. The van der Waals surface area contributed by atoms with Crippen molar-refractivity contribution in [3.8, 4) is 0 Å². The van der Waals surface area contributed by atoms with Crippen LogP contribution in [0, 0.1) is 5.41 Å². The van der Waals surface area contributed by atoms with Gasteiger partial charge in [-0.2, -0.15) is 0 Å². The summed E-state index contributed by atoms with van der Waals surface area (Å²) in [6, 6.07) is 0.205. The summed E-state index contributed by atoms with van der Waals surface area (Å²) in [5.41, 5.74) is 6.36. The summed E-state index contributed by atoms with van der Waals surface area (Å²) in [4.78, 5) is 4.05. The highest BCUT2D eigenvalue weighted by Crippen LogP contribution is 2.47. The third kappa shape index (κ3) is 1.37. The summed E-state index contributed by atoms with van der Waals surface area (Å²) in [7, 11) is 0. The summed E-state index contributed by atoms with van der Waals surface area (Å²) < 4.78 is 5.14. The molecule has 2 rings (SSSR count). The lowest BCUT2D eigenvalue weighted by Crippen LogP contribution is -2.31. The van der Waals surface area contributed by atoms with Crippen LogP contribution in [-0.4, -0.2) is 11.0 Å². The summed E-state index contributed by atoms with van der Waals surface area (Å²) in [6.07, 6.45) is 6.52. The summed E-state index contributed by atoms with van der Waals surface area (Å²) in [5.74, 6) is 0.760. The van der Waals surface area contributed by atoms with Crippen LogP contribution in [0.15, 0.2) is 16.9 Å². The van der Waals surface area contributed by atoms with Gasteiger partial charge in [-0.25, -0.2) is 4.98 Å². The molecule has 1 aliphatic rings. The van der Waals surface area contributed by atoms with Crippen molar-refractivity contribution in [1.29, 1.82) is 0 Å². The Balaban J connectivity index is 1.95. The number of hydrogen-bond donors (Lipinski definition) is 1. The Labute approximate surface area is 72.0 Å². The first-order valence-electron chi connectivity index (χ1n) is 4.35. The molecule has 2 N–H and O–H groups in total. The second-order valence-electron chi connectivity index (χ2n) is 3.89. The van der Waals surface area contributed by atoms with E-state index in [1.807, 2.05) is 0 Å². The predicted molar refractivity (Wildman–Crippen MR) is 45.5 cm³/mol. The lowest BCUT2D eigenvalue weighted by atomic mass is 9.97. The molecule has 1 unspecified atom stereocenters. The molecule has 0 aromatic carbocycles. The van der Waals surface area contributed by atoms with Gasteiger partial charge in [-0.15, -0.1) is 0 Å². The van der Waals surface area contributed by atoms with E-state index in [1.54, 1.807) is 12.5 Å². The minimum absolute atomic E-state index is 0.205. The Kier molecular flexibility index (Phi) is 1.68. The smallest absolute Gasteiger partial charge is 0.195 e.